The molecule has 0 unspecified atom stereocenters. The highest BCUT2D eigenvalue weighted by Crippen LogP contribution is 2.18. The Hall–Kier alpha value is -3.28. The summed E-state index contributed by atoms with van der Waals surface area (Å²) in [6.07, 6.45) is 0.410. The van der Waals surface area contributed by atoms with E-state index in [1.165, 1.54) is 6.07 Å². The van der Waals surface area contributed by atoms with Crippen molar-refractivity contribution in [1.29, 1.82) is 0 Å². The quantitative estimate of drug-likeness (QED) is 0.599. The summed E-state index contributed by atoms with van der Waals surface area (Å²) in [6, 6.07) is 17.7. The van der Waals surface area contributed by atoms with Crippen molar-refractivity contribution in [1.82, 2.24) is 15.3 Å². The maximum atomic E-state index is 13.7. The van der Waals surface area contributed by atoms with Crippen molar-refractivity contribution >= 4 is 11.7 Å². The Bertz CT molecular complexity index is 960. The smallest absolute Gasteiger partial charge is 0.270 e. The second-order valence-corrected chi connectivity index (χ2v) is 7.20. The first kappa shape index (κ1) is 20.5. The second kappa shape index (κ2) is 9.78. The largest absolute Gasteiger partial charge is 0.370 e. The van der Waals surface area contributed by atoms with Gasteiger partial charge < -0.3 is 10.6 Å². The van der Waals surface area contributed by atoms with E-state index in [1.54, 1.807) is 24.3 Å². The van der Waals surface area contributed by atoms with E-state index in [1.807, 2.05) is 30.3 Å². The molecule has 2 N–H and O–H groups in total. The average Bonchev–Trinajstić information content (AvgIpc) is 2.74. The summed E-state index contributed by atoms with van der Waals surface area (Å²) in [6.45, 7) is 5.25. The minimum Gasteiger partial charge on any atom is -0.370 e. The Morgan fingerprint density at radius 2 is 1.76 bits per heavy atom. The van der Waals surface area contributed by atoms with Gasteiger partial charge in [0.05, 0.1) is 0 Å². The second-order valence-electron chi connectivity index (χ2n) is 7.20. The lowest BCUT2D eigenvalue weighted by Gasteiger charge is -2.12. The Morgan fingerprint density at radius 3 is 2.48 bits per heavy atom. The number of nitrogens with one attached hydrogen (secondary N) is 2. The maximum absolute atomic E-state index is 13.7. The predicted octanol–water partition coefficient (Wildman–Crippen LogP) is 4.32. The highest BCUT2D eigenvalue weighted by molar-refractivity contribution is 5.93. The van der Waals surface area contributed by atoms with E-state index in [-0.39, 0.29) is 17.4 Å². The number of hydrogen-bond acceptors (Lipinski definition) is 4. The van der Waals surface area contributed by atoms with Crippen LogP contribution in [0.5, 0.6) is 0 Å². The SMILES string of the molecule is CC(C)CNc1cc(C(=O)NCCc2ccccc2F)nc(-c2ccccc2)n1. The molecule has 2 aromatic carbocycles. The standard InChI is InChI=1S/C23H25FN4O/c1-16(2)15-26-21-14-20(27-22(28-21)18-9-4-3-5-10-18)23(29)25-13-12-17-8-6-7-11-19(17)24/h3-11,14,16H,12-13,15H2,1-2H3,(H,25,29)(H,26,27,28). The molecule has 1 heterocycles. The summed E-state index contributed by atoms with van der Waals surface area (Å²) in [5.41, 5.74) is 1.68. The van der Waals surface area contributed by atoms with Crippen molar-refractivity contribution < 1.29 is 9.18 Å². The van der Waals surface area contributed by atoms with Crippen molar-refractivity contribution in [3.63, 3.8) is 0 Å². The van der Waals surface area contributed by atoms with Crippen LogP contribution in [0.25, 0.3) is 11.4 Å². The third-order valence-corrected chi connectivity index (χ3v) is 4.32. The molecule has 1 amide bonds. The average molecular weight is 392 g/mol. The van der Waals surface area contributed by atoms with E-state index >= 15 is 0 Å². The molecule has 0 saturated heterocycles. The highest BCUT2D eigenvalue weighted by atomic mass is 19.1. The van der Waals surface area contributed by atoms with E-state index in [0.29, 0.717) is 36.1 Å². The Balaban J connectivity index is 1.76. The molecule has 3 aromatic rings. The number of nitrogens with zero attached hydrogens (tertiary/aromatic N) is 2. The fraction of sp³-hybridized carbons (Fsp3) is 0.261. The highest BCUT2D eigenvalue weighted by Gasteiger charge is 2.13. The summed E-state index contributed by atoms with van der Waals surface area (Å²) in [4.78, 5) is 21.7. The Labute approximate surface area is 170 Å². The van der Waals surface area contributed by atoms with Crippen LogP contribution in [0.3, 0.4) is 0 Å². The van der Waals surface area contributed by atoms with Gasteiger partial charge in [0, 0.05) is 24.7 Å². The van der Waals surface area contributed by atoms with E-state index in [0.717, 1.165) is 12.1 Å². The molecule has 0 spiro atoms. The molecule has 0 atom stereocenters. The molecule has 0 bridgehead atoms. The topological polar surface area (TPSA) is 66.9 Å². The molecular formula is C23H25FN4O. The minimum atomic E-state index is -0.312. The van der Waals surface area contributed by atoms with Gasteiger partial charge in [-0.05, 0) is 24.0 Å². The van der Waals surface area contributed by atoms with Gasteiger partial charge in [-0.2, -0.15) is 0 Å². The minimum absolute atomic E-state index is 0.268. The molecule has 0 aliphatic heterocycles. The third-order valence-electron chi connectivity index (χ3n) is 4.32. The Kier molecular flexibility index (Phi) is 6.89. The fourth-order valence-electron chi connectivity index (χ4n) is 2.78. The maximum Gasteiger partial charge on any atom is 0.270 e. The zero-order valence-electron chi connectivity index (χ0n) is 16.7. The molecule has 0 aliphatic rings. The van der Waals surface area contributed by atoms with Crippen LogP contribution in [0, 0.1) is 11.7 Å². The van der Waals surface area contributed by atoms with Gasteiger partial charge in [-0.1, -0.05) is 62.4 Å². The lowest BCUT2D eigenvalue weighted by molar-refractivity contribution is 0.0949. The van der Waals surface area contributed by atoms with Crippen LogP contribution >= 0.6 is 0 Å². The lowest BCUT2D eigenvalue weighted by atomic mass is 10.1. The lowest BCUT2D eigenvalue weighted by Crippen LogP contribution is -2.27. The number of halogens is 1. The molecule has 0 aliphatic carbocycles. The van der Waals surface area contributed by atoms with Crippen LogP contribution in [-0.2, 0) is 6.42 Å². The van der Waals surface area contributed by atoms with Crippen LogP contribution in [0.1, 0.15) is 29.9 Å². The Morgan fingerprint density at radius 1 is 1.03 bits per heavy atom. The van der Waals surface area contributed by atoms with Gasteiger partial charge in [-0.15, -0.1) is 0 Å². The monoisotopic (exact) mass is 392 g/mol. The van der Waals surface area contributed by atoms with Crippen molar-refractivity contribution in [2.24, 2.45) is 5.92 Å². The summed E-state index contributed by atoms with van der Waals surface area (Å²) in [7, 11) is 0. The van der Waals surface area contributed by atoms with Crippen LogP contribution in [-0.4, -0.2) is 29.0 Å². The van der Waals surface area contributed by atoms with Gasteiger partial charge in [-0.3, -0.25) is 4.79 Å². The molecule has 0 fully saturated rings. The van der Waals surface area contributed by atoms with E-state index in [9.17, 15) is 9.18 Å². The van der Waals surface area contributed by atoms with E-state index in [4.69, 9.17) is 0 Å². The van der Waals surface area contributed by atoms with Crippen LogP contribution in [0.15, 0.2) is 60.7 Å². The first-order valence-electron chi connectivity index (χ1n) is 9.73. The first-order valence-corrected chi connectivity index (χ1v) is 9.73. The summed E-state index contributed by atoms with van der Waals surface area (Å²) in [5, 5.41) is 6.08. The van der Waals surface area contributed by atoms with Gasteiger partial charge in [0.15, 0.2) is 5.82 Å². The number of carbonyl (C=O) groups is 1. The van der Waals surface area contributed by atoms with Gasteiger partial charge in [0.25, 0.3) is 5.91 Å². The fourth-order valence-corrected chi connectivity index (χ4v) is 2.78. The van der Waals surface area contributed by atoms with Crippen molar-refractivity contribution in [3.05, 3.63) is 77.7 Å². The number of anilines is 1. The number of hydrogen-bond donors (Lipinski definition) is 2. The molecule has 150 valence electrons. The molecule has 0 saturated carbocycles. The third kappa shape index (κ3) is 5.85. The summed E-state index contributed by atoms with van der Waals surface area (Å²) in [5.74, 6) is 0.942. The van der Waals surface area contributed by atoms with Gasteiger partial charge >= 0.3 is 0 Å². The molecule has 6 heteroatoms. The number of carbonyl (C=O) groups excluding carboxylic acids is 1. The molecule has 29 heavy (non-hydrogen) atoms. The molecular weight excluding hydrogens is 367 g/mol. The van der Waals surface area contributed by atoms with Crippen molar-refractivity contribution in [2.45, 2.75) is 20.3 Å². The normalized spacial score (nSPS) is 10.8. The van der Waals surface area contributed by atoms with Crippen molar-refractivity contribution in [3.8, 4) is 11.4 Å². The van der Waals surface area contributed by atoms with Crippen LogP contribution in [0.4, 0.5) is 10.2 Å². The number of rotatable bonds is 8. The molecule has 5 nitrogen and oxygen atoms in total. The first-order chi connectivity index (χ1) is 14.0. The zero-order chi connectivity index (χ0) is 20.6. The van der Waals surface area contributed by atoms with E-state index < -0.39 is 0 Å². The van der Waals surface area contributed by atoms with Crippen molar-refractivity contribution in [2.75, 3.05) is 18.4 Å². The summed E-state index contributed by atoms with van der Waals surface area (Å²) >= 11 is 0. The number of benzene rings is 2. The number of aromatic nitrogens is 2. The van der Waals surface area contributed by atoms with Gasteiger partial charge in [0.1, 0.15) is 17.3 Å². The van der Waals surface area contributed by atoms with Crippen LogP contribution in [0.2, 0.25) is 0 Å². The number of amides is 1. The molecule has 1 aromatic heterocycles. The van der Waals surface area contributed by atoms with Crippen LogP contribution < -0.4 is 10.6 Å². The van der Waals surface area contributed by atoms with E-state index in [2.05, 4.69) is 34.4 Å². The predicted molar refractivity (Wildman–Crippen MR) is 113 cm³/mol. The van der Waals surface area contributed by atoms with Gasteiger partial charge in [-0.25, -0.2) is 14.4 Å². The molecule has 3 rings (SSSR count). The summed E-state index contributed by atoms with van der Waals surface area (Å²) < 4.78 is 13.7. The van der Waals surface area contributed by atoms with Gasteiger partial charge in [0.2, 0.25) is 0 Å². The molecule has 0 radical (unpaired) electrons. The zero-order valence-corrected chi connectivity index (χ0v) is 16.7.